The summed E-state index contributed by atoms with van der Waals surface area (Å²) >= 11 is 0. The summed E-state index contributed by atoms with van der Waals surface area (Å²) in [7, 11) is 0. The molecule has 0 saturated carbocycles. The van der Waals surface area contributed by atoms with Gasteiger partial charge in [-0.1, -0.05) is 12.1 Å². The summed E-state index contributed by atoms with van der Waals surface area (Å²) in [5.41, 5.74) is 0.756. The van der Waals surface area contributed by atoms with Crippen LogP contribution in [0.1, 0.15) is 39.4 Å². The SMILES string of the molecule is CC(C)Oc1ccc(C(C#N)OC(C)C(C)O)cc1. The second-order valence-corrected chi connectivity index (χ2v) is 4.83. The number of aliphatic hydroxyl groups is 1. The van der Waals surface area contributed by atoms with Crippen molar-refractivity contribution in [2.24, 2.45) is 0 Å². The third kappa shape index (κ3) is 4.90. The second-order valence-electron chi connectivity index (χ2n) is 4.83. The third-order valence-corrected chi connectivity index (χ3v) is 2.70. The molecule has 0 radical (unpaired) electrons. The Kier molecular flexibility index (Phi) is 5.81. The molecule has 4 heteroatoms. The lowest BCUT2D eigenvalue weighted by atomic mass is 10.1. The van der Waals surface area contributed by atoms with Gasteiger partial charge in [0.1, 0.15) is 5.75 Å². The third-order valence-electron chi connectivity index (χ3n) is 2.70. The fourth-order valence-electron chi connectivity index (χ4n) is 1.51. The van der Waals surface area contributed by atoms with E-state index in [4.69, 9.17) is 14.7 Å². The van der Waals surface area contributed by atoms with Gasteiger partial charge in [0.15, 0.2) is 6.10 Å². The first-order valence-electron chi connectivity index (χ1n) is 6.43. The van der Waals surface area contributed by atoms with E-state index in [1.54, 1.807) is 26.0 Å². The van der Waals surface area contributed by atoms with E-state index in [0.717, 1.165) is 11.3 Å². The Morgan fingerprint density at radius 1 is 1.11 bits per heavy atom. The molecule has 0 aliphatic carbocycles. The summed E-state index contributed by atoms with van der Waals surface area (Å²) in [5, 5.41) is 18.5. The Labute approximate surface area is 114 Å². The van der Waals surface area contributed by atoms with Gasteiger partial charge in [-0.3, -0.25) is 0 Å². The molecule has 0 amide bonds. The number of rotatable bonds is 6. The van der Waals surface area contributed by atoms with E-state index in [9.17, 15) is 5.11 Å². The van der Waals surface area contributed by atoms with Crippen molar-refractivity contribution in [2.75, 3.05) is 0 Å². The number of nitriles is 1. The van der Waals surface area contributed by atoms with Gasteiger partial charge in [-0.2, -0.15) is 5.26 Å². The molecule has 0 aliphatic heterocycles. The summed E-state index contributed by atoms with van der Waals surface area (Å²) in [6.45, 7) is 7.29. The standard InChI is InChI=1S/C15H21NO3/c1-10(2)18-14-7-5-13(6-8-14)15(9-16)19-12(4)11(3)17/h5-8,10-12,15,17H,1-4H3. The largest absolute Gasteiger partial charge is 0.491 e. The Hall–Kier alpha value is -1.57. The topological polar surface area (TPSA) is 62.5 Å². The Morgan fingerprint density at radius 3 is 2.11 bits per heavy atom. The lowest BCUT2D eigenvalue weighted by Gasteiger charge is -2.20. The van der Waals surface area contributed by atoms with Gasteiger partial charge in [0.05, 0.1) is 24.4 Å². The van der Waals surface area contributed by atoms with E-state index in [2.05, 4.69) is 6.07 Å². The molecular weight excluding hydrogens is 242 g/mol. The van der Waals surface area contributed by atoms with Crippen LogP contribution in [0, 0.1) is 11.3 Å². The number of benzene rings is 1. The van der Waals surface area contributed by atoms with Crippen LogP contribution in [0.25, 0.3) is 0 Å². The monoisotopic (exact) mass is 263 g/mol. The van der Waals surface area contributed by atoms with E-state index >= 15 is 0 Å². The molecule has 0 aliphatic rings. The van der Waals surface area contributed by atoms with Gasteiger partial charge in [0.25, 0.3) is 0 Å². The van der Waals surface area contributed by atoms with Crippen molar-refractivity contribution in [3.05, 3.63) is 29.8 Å². The zero-order valence-electron chi connectivity index (χ0n) is 11.8. The average Bonchev–Trinajstić information content (AvgIpc) is 2.36. The number of hydrogen-bond donors (Lipinski definition) is 1. The van der Waals surface area contributed by atoms with Crippen LogP contribution in [0.5, 0.6) is 5.75 Å². The first kappa shape index (κ1) is 15.5. The van der Waals surface area contributed by atoms with E-state index in [1.165, 1.54) is 0 Å². The predicted octanol–water partition coefficient (Wildman–Crippen LogP) is 2.82. The quantitative estimate of drug-likeness (QED) is 0.857. The molecule has 19 heavy (non-hydrogen) atoms. The van der Waals surface area contributed by atoms with E-state index in [1.807, 2.05) is 26.0 Å². The minimum atomic E-state index is -0.683. The van der Waals surface area contributed by atoms with Gasteiger partial charge in [-0.15, -0.1) is 0 Å². The molecule has 4 nitrogen and oxygen atoms in total. The van der Waals surface area contributed by atoms with Crippen LogP contribution in [0.3, 0.4) is 0 Å². The summed E-state index contributed by atoms with van der Waals surface area (Å²) in [6, 6.07) is 9.33. The van der Waals surface area contributed by atoms with Gasteiger partial charge in [-0.05, 0) is 45.4 Å². The van der Waals surface area contributed by atoms with Gasteiger partial charge in [0, 0.05) is 0 Å². The van der Waals surface area contributed by atoms with Gasteiger partial charge in [0.2, 0.25) is 0 Å². The van der Waals surface area contributed by atoms with Gasteiger partial charge in [-0.25, -0.2) is 0 Å². The fraction of sp³-hybridized carbons (Fsp3) is 0.533. The minimum Gasteiger partial charge on any atom is -0.491 e. The highest BCUT2D eigenvalue weighted by Crippen LogP contribution is 2.22. The Balaban J connectivity index is 2.74. The molecule has 0 aromatic heterocycles. The average molecular weight is 263 g/mol. The summed E-state index contributed by atoms with van der Waals surface area (Å²) in [5.74, 6) is 0.763. The Morgan fingerprint density at radius 2 is 1.68 bits per heavy atom. The van der Waals surface area contributed by atoms with Crippen LogP contribution in [0.15, 0.2) is 24.3 Å². The normalized spacial score (nSPS) is 15.6. The fourth-order valence-corrected chi connectivity index (χ4v) is 1.51. The zero-order valence-corrected chi connectivity index (χ0v) is 11.8. The first-order valence-corrected chi connectivity index (χ1v) is 6.43. The Bertz CT molecular complexity index is 420. The maximum Gasteiger partial charge on any atom is 0.169 e. The zero-order chi connectivity index (χ0) is 14.4. The second kappa shape index (κ2) is 7.13. The molecule has 0 saturated heterocycles. The summed E-state index contributed by atoms with van der Waals surface area (Å²) in [6.07, 6.45) is -1.57. The highest BCUT2D eigenvalue weighted by molar-refractivity contribution is 5.30. The maximum atomic E-state index is 9.40. The molecule has 1 N–H and O–H groups in total. The lowest BCUT2D eigenvalue weighted by Crippen LogP contribution is -2.24. The van der Waals surface area contributed by atoms with E-state index in [0.29, 0.717) is 0 Å². The summed E-state index contributed by atoms with van der Waals surface area (Å²) in [4.78, 5) is 0. The van der Waals surface area contributed by atoms with Crippen molar-refractivity contribution < 1.29 is 14.6 Å². The minimum absolute atomic E-state index is 0.115. The predicted molar refractivity (Wildman–Crippen MR) is 72.8 cm³/mol. The van der Waals surface area contributed by atoms with Crippen LogP contribution in [-0.2, 0) is 4.74 Å². The molecule has 0 bridgehead atoms. The smallest absolute Gasteiger partial charge is 0.169 e. The lowest BCUT2D eigenvalue weighted by molar-refractivity contribution is -0.0426. The molecule has 0 spiro atoms. The van der Waals surface area contributed by atoms with Gasteiger partial charge >= 0.3 is 0 Å². The van der Waals surface area contributed by atoms with Crippen LogP contribution in [0.2, 0.25) is 0 Å². The highest BCUT2D eigenvalue weighted by Gasteiger charge is 2.18. The molecule has 1 aromatic carbocycles. The maximum absolute atomic E-state index is 9.40. The molecule has 1 aromatic rings. The molecular formula is C15H21NO3. The van der Waals surface area contributed by atoms with Crippen LogP contribution >= 0.6 is 0 Å². The molecule has 1 rings (SSSR count). The van der Waals surface area contributed by atoms with Crippen molar-refractivity contribution in [2.45, 2.75) is 52.1 Å². The van der Waals surface area contributed by atoms with Crippen molar-refractivity contribution in [3.63, 3.8) is 0 Å². The summed E-state index contributed by atoms with van der Waals surface area (Å²) < 4.78 is 11.1. The number of hydrogen-bond acceptors (Lipinski definition) is 4. The van der Waals surface area contributed by atoms with Crippen molar-refractivity contribution in [3.8, 4) is 11.8 Å². The van der Waals surface area contributed by atoms with Crippen molar-refractivity contribution in [1.29, 1.82) is 5.26 Å². The van der Waals surface area contributed by atoms with Gasteiger partial charge < -0.3 is 14.6 Å². The number of aliphatic hydroxyl groups excluding tert-OH is 1. The molecule has 3 unspecified atom stereocenters. The number of nitrogens with zero attached hydrogens (tertiary/aromatic N) is 1. The highest BCUT2D eigenvalue weighted by atomic mass is 16.5. The number of ether oxygens (including phenoxy) is 2. The van der Waals surface area contributed by atoms with E-state index in [-0.39, 0.29) is 6.10 Å². The molecule has 0 fully saturated rings. The first-order chi connectivity index (χ1) is 8.93. The van der Waals surface area contributed by atoms with Crippen LogP contribution in [-0.4, -0.2) is 23.4 Å². The molecule has 3 atom stereocenters. The van der Waals surface area contributed by atoms with Crippen molar-refractivity contribution >= 4 is 0 Å². The van der Waals surface area contributed by atoms with Crippen LogP contribution in [0.4, 0.5) is 0 Å². The van der Waals surface area contributed by atoms with Crippen LogP contribution < -0.4 is 4.74 Å². The van der Waals surface area contributed by atoms with Crippen molar-refractivity contribution in [1.82, 2.24) is 0 Å². The van der Waals surface area contributed by atoms with E-state index < -0.39 is 18.3 Å². The molecule has 0 heterocycles. The molecule has 104 valence electrons.